The highest BCUT2D eigenvalue weighted by Gasteiger charge is 2.23. The van der Waals surface area contributed by atoms with E-state index >= 15 is 0 Å². The molecule has 1 amide bonds. The van der Waals surface area contributed by atoms with E-state index in [9.17, 15) is 4.79 Å². The molecule has 6 nitrogen and oxygen atoms in total. The van der Waals surface area contributed by atoms with Gasteiger partial charge in [-0.1, -0.05) is 30.3 Å². The third-order valence-electron chi connectivity index (χ3n) is 4.75. The minimum absolute atomic E-state index is 0. The lowest BCUT2D eigenvalue weighted by Crippen LogP contribution is -2.44. The van der Waals surface area contributed by atoms with Crippen LogP contribution in [0.15, 0.2) is 59.6 Å². The summed E-state index contributed by atoms with van der Waals surface area (Å²) >= 11 is 0. The number of rotatable bonds is 5. The van der Waals surface area contributed by atoms with Gasteiger partial charge in [0.05, 0.1) is 0 Å². The molecule has 1 saturated heterocycles. The van der Waals surface area contributed by atoms with Gasteiger partial charge < -0.3 is 20.9 Å². The summed E-state index contributed by atoms with van der Waals surface area (Å²) in [5, 5.41) is 9.49. The van der Waals surface area contributed by atoms with Gasteiger partial charge in [-0.25, -0.2) is 0 Å². The molecule has 0 aliphatic carbocycles. The first-order valence-electron chi connectivity index (χ1n) is 9.28. The van der Waals surface area contributed by atoms with E-state index in [1.54, 1.807) is 14.1 Å². The van der Waals surface area contributed by atoms with E-state index in [1.807, 2.05) is 30.3 Å². The molecule has 2 aromatic carbocycles. The standard InChI is InChI=1S/C21H27N5O.HI/c1-22-20(27)17-8-6-7-16(13-17)14-24-21(23-2)25-18-11-12-26(15-18)19-9-4-3-5-10-19;/h3-10,13,18H,11-12,14-15H2,1-2H3,(H,22,27)(H2,23,24,25);1H. The minimum Gasteiger partial charge on any atom is -0.369 e. The van der Waals surface area contributed by atoms with E-state index in [0.717, 1.165) is 31.0 Å². The summed E-state index contributed by atoms with van der Waals surface area (Å²) in [4.78, 5) is 18.5. The van der Waals surface area contributed by atoms with Crippen LogP contribution in [-0.2, 0) is 6.54 Å². The third-order valence-corrected chi connectivity index (χ3v) is 4.75. The zero-order valence-corrected chi connectivity index (χ0v) is 18.6. The zero-order chi connectivity index (χ0) is 19.1. The van der Waals surface area contributed by atoms with Crippen LogP contribution in [0.25, 0.3) is 0 Å². The molecule has 0 radical (unpaired) electrons. The number of anilines is 1. The number of guanidine groups is 1. The van der Waals surface area contributed by atoms with Crippen molar-refractivity contribution in [2.45, 2.75) is 19.0 Å². The number of hydrogen-bond donors (Lipinski definition) is 3. The second-order valence-electron chi connectivity index (χ2n) is 6.62. The van der Waals surface area contributed by atoms with E-state index in [4.69, 9.17) is 0 Å². The summed E-state index contributed by atoms with van der Waals surface area (Å²) < 4.78 is 0. The van der Waals surface area contributed by atoms with Crippen molar-refractivity contribution in [3.05, 3.63) is 65.7 Å². The van der Waals surface area contributed by atoms with Gasteiger partial charge in [0.15, 0.2) is 5.96 Å². The summed E-state index contributed by atoms with van der Waals surface area (Å²) in [6.45, 7) is 2.60. The summed E-state index contributed by atoms with van der Waals surface area (Å²) in [7, 11) is 3.42. The van der Waals surface area contributed by atoms with Crippen LogP contribution < -0.4 is 20.9 Å². The first-order chi connectivity index (χ1) is 13.2. The van der Waals surface area contributed by atoms with Crippen molar-refractivity contribution in [2.24, 2.45) is 4.99 Å². The Bertz CT molecular complexity index is 796. The largest absolute Gasteiger partial charge is 0.369 e. The van der Waals surface area contributed by atoms with Gasteiger partial charge in [-0.05, 0) is 36.2 Å². The number of nitrogens with one attached hydrogen (secondary N) is 3. The summed E-state index contributed by atoms with van der Waals surface area (Å²) in [6.07, 6.45) is 1.07. The lowest BCUT2D eigenvalue weighted by molar-refractivity contribution is 0.0963. The number of aliphatic imine (C=N–C) groups is 1. The Morgan fingerprint density at radius 3 is 2.68 bits per heavy atom. The Hall–Kier alpha value is -2.29. The van der Waals surface area contributed by atoms with Crippen LogP contribution in [0.5, 0.6) is 0 Å². The number of hydrogen-bond acceptors (Lipinski definition) is 3. The predicted molar refractivity (Wildman–Crippen MR) is 126 cm³/mol. The molecule has 1 aliphatic rings. The second-order valence-corrected chi connectivity index (χ2v) is 6.62. The Balaban J connectivity index is 0.00000280. The zero-order valence-electron chi connectivity index (χ0n) is 16.3. The number of halogens is 1. The van der Waals surface area contributed by atoms with E-state index in [2.05, 4.69) is 50.1 Å². The highest BCUT2D eigenvalue weighted by Crippen LogP contribution is 2.19. The van der Waals surface area contributed by atoms with Crippen LogP contribution in [0.3, 0.4) is 0 Å². The predicted octanol–water partition coefficient (Wildman–Crippen LogP) is 2.61. The normalized spacial score (nSPS) is 16.3. The molecule has 1 atom stereocenters. The molecule has 1 aliphatic heterocycles. The molecule has 0 bridgehead atoms. The van der Waals surface area contributed by atoms with Gasteiger partial charge in [-0.15, -0.1) is 24.0 Å². The number of amides is 1. The number of para-hydroxylation sites is 1. The van der Waals surface area contributed by atoms with Crippen molar-refractivity contribution in [1.82, 2.24) is 16.0 Å². The van der Waals surface area contributed by atoms with Gasteiger partial charge in [-0.2, -0.15) is 0 Å². The highest BCUT2D eigenvalue weighted by atomic mass is 127. The number of carbonyl (C=O) groups excluding carboxylic acids is 1. The molecule has 0 spiro atoms. The molecule has 1 fully saturated rings. The topological polar surface area (TPSA) is 68.8 Å². The van der Waals surface area contributed by atoms with Crippen LogP contribution in [0.4, 0.5) is 5.69 Å². The highest BCUT2D eigenvalue weighted by molar-refractivity contribution is 14.0. The first kappa shape index (κ1) is 22.0. The van der Waals surface area contributed by atoms with Crippen molar-refractivity contribution in [3.63, 3.8) is 0 Å². The molecule has 28 heavy (non-hydrogen) atoms. The van der Waals surface area contributed by atoms with Crippen molar-refractivity contribution < 1.29 is 4.79 Å². The van der Waals surface area contributed by atoms with Gasteiger partial charge in [0, 0.05) is 51.0 Å². The van der Waals surface area contributed by atoms with Crippen molar-refractivity contribution >= 4 is 41.5 Å². The second kappa shape index (κ2) is 10.9. The Morgan fingerprint density at radius 1 is 1.18 bits per heavy atom. The maximum absolute atomic E-state index is 11.8. The fourth-order valence-corrected chi connectivity index (χ4v) is 3.29. The maximum Gasteiger partial charge on any atom is 0.251 e. The van der Waals surface area contributed by atoms with Gasteiger partial charge >= 0.3 is 0 Å². The van der Waals surface area contributed by atoms with Crippen LogP contribution in [-0.4, -0.2) is 45.1 Å². The maximum atomic E-state index is 11.8. The molecule has 7 heteroatoms. The fraction of sp³-hybridized carbons (Fsp3) is 0.333. The molecule has 0 aromatic heterocycles. The Labute approximate surface area is 183 Å². The van der Waals surface area contributed by atoms with Gasteiger partial charge in [0.25, 0.3) is 5.91 Å². The van der Waals surface area contributed by atoms with Crippen molar-refractivity contribution in [1.29, 1.82) is 0 Å². The Morgan fingerprint density at radius 2 is 1.96 bits per heavy atom. The van der Waals surface area contributed by atoms with Crippen molar-refractivity contribution in [3.8, 4) is 0 Å². The number of nitrogens with zero attached hydrogens (tertiary/aromatic N) is 2. The SMILES string of the molecule is CN=C(NCc1cccc(C(=O)NC)c1)NC1CCN(c2ccccc2)C1.I. The summed E-state index contributed by atoms with van der Waals surface area (Å²) in [5.74, 6) is 0.701. The van der Waals surface area contributed by atoms with E-state index in [-0.39, 0.29) is 29.9 Å². The average molecular weight is 493 g/mol. The molecule has 2 aromatic rings. The van der Waals surface area contributed by atoms with Gasteiger partial charge in [-0.3, -0.25) is 9.79 Å². The quantitative estimate of drug-likeness (QED) is 0.341. The molecule has 1 heterocycles. The number of benzene rings is 2. The molecule has 1 unspecified atom stereocenters. The molecule has 150 valence electrons. The lowest BCUT2D eigenvalue weighted by Gasteiger charge is -2.20. The molecular formula is C21H28IN5O. The molecule has 0 saturated carbocycles. The first-order valence-corrected chi connectivity index (χ1v) is 9.28. The number of carbonyl (C=O) groups is 1. The minimum atomic E-state index is -0.0775. The van der Waals surface area contributed by atoms with Crippen molar-refractivity contribution in [2.75, 3.05) is 32.1 Å². The van der Waals surface area contributed by atoms with Gasteiger partial charge in [0.2, 0.25) is 0 Å². The molecular weight excluding hydrogens is 465 g/mol. The average Bonchev–Trinajstić information content (AvgIpc) is 3.20. The third kappa shape index (κ3) is 5.85. The monoisotopic (exact) mass is 493 g/mol. The van der Waals surface area contributed by atoms with E-state index in [0.29, 0.717) is 18.2 Å². The lowest BCUT2D eigenvalue weighted by atomic mass is 10.1. The van der Waals surface area contributed by atoms with Crippen LogP contribution in [0, 0.1) is 0 Å². The summed E-state index contributed by atoms with van der Waals surface area (Å²) in [5.41, 5.74) is 2.96. The van der Waals surface area contributed by atoms with Crippen LogP contribution in [0.1, 0.15) is 22.3 Å². The van der Waals surface area contributed by atoms with E-state index < -0.39 is 0 Å². The van der Waals surface area contributed by atoms with E-state index in [1.165, 1.54) is 5.69 Å². The Kier molecular flexibility index (Phi) is 8.56. The van der Waals surface area contributed by atoms with Crippen LogP contribution in [0.2, 0.25) is 0 Å². The molecule has 3 N–H and O–H groups in total. The van der Waals surface area contributed by atoms with Crippen LogP contribution >= 0.6 is 24.0 Å². The fourth-order valence-electron chi connectivity index (χ4n) is 3.29. The molecule has 3 rings (SSSR count). The van der Waals surface area contributed by atoms with Gasteiger partial charge in [0.1, 0.15) is 0 Å². The summed E-state index contributed by atoms with van der Waals surface area (Å²) in [6, 6.07) is 18.4. The smallest absolute Gasteiger partial charge is 0.251 e.